The molecule has 0 fully saturated rings. The predicted molar refractivity (Wildman–Crippen MR) is 128 cm³/mol. The van der Waals surface area contributed by atoms with E-state index in [-0.39, 0.29) is 11.9 Å². The van der Waals surface area contributed by atoms with Gasteiger partial charge in [-0.1, -0.05) is 30.3 Å². The van der Waals surface area contributed by atoms with E-state index in [0.717, 1.165) is 47.5 Å². The van der Waals surface area contributed by atoms with Gasteiger partial charge in [0.05, 0.1) is 30.9 Å². The molecule has 3 aromatic rings. The summed E-state index contributed by atoms with van der Waals surface area (Å²) < 4.78 is 7.55. The Labute approximate surface area is 194 Å². The molecule has 1 atom stereocenters. The summed E-state index contributed by atoms with van der Waals surface area (Å²) in [5, 5.41) is 3.24. The zero-order valence-corrected chi connectivity index (χ0v) is 19.2. The van der Waals surface area contributed by atoms with Crippen LogP contribution in [0.5, 0.6) is 5.75 Å². The first-order valence-electron chi connectivity index (χ1n) is 10.9. The maximum atomic E-state index is 13.2. The van der Waals surface area contributed by atoms with Crippen LogP contribution in [0.4, 0.5) is 0 Å². The van der Waals surface area contributed by atoms with Crippen molar-refractivity contribution in [1.82, 2.24) is 14.9 Å². The van der Waals surface area contributed by atoms with Gasteiger partial charge < -0.3 is 14.6 Å². The molecule has 1 N–H and O–H groups in total. The minimum atomic E-state index is -0.0369. The summed E-state index contributed by atoms with van der Waals surface area (Å²) in [6.45, 7) is 1.95. The number of nitrogens with zero attached hydrogens (tertiary/aromatic N) is 2. The molecule has 1 aromatic heterocycles. The zero-order chi connectivity index (χ0) is 22.5. The molecule has 0 saturated carbocycles. The van der Waals surface area contributed by atoms with Crippen LogP contribution < -0.4 is 10.1 Å². The Kier molecular flexibility index (Phi) is 6.96. The number of fused-ring (bicyclic) bond motifs is 1. The van der Waals surface area contributed by atoms with E-state index in [1.54, 1.807) is 13.4 Å². The fraction of sp³-hybridized carbons (Fsp3) is 0.308. The Morgan fingerprint density at radius 2 is 2.16 bits per heavy atom. The van der Waals surface area contributed by atoms with Crippen molar-refractivity contribution in [1.29, 1.82) is 0 Å². The molecule has 1 amide bonds. The number of ether oxygens (including phenoxy) is 1. The summed E-state index contributed by atoms with van der Waals surface area (Å²) in [4.78, 5) is 17.5. The number of aryl methyl sites for hydroxylation is 2. The molecule has 1 heterocycles. The number of methoxy groups -OCH3 is 1. The monoisotopic (exact) mass is 449 g/mol. The van der Waals surface area contributed by atoms with Gasteiger partial charge >= 0.3 is 0 Å². The first-order chi connectivity index (χ1) is 15.6. The number of benzene rings is 2. The Morgan fingerprint density at radius 3 is 2.91 bits per heavy atom. The first-order valence-corrected chi connectivity index (χ1v) is 11.5. The minimum Gasteiger partial charge on any atom is -0.495 e. The molecule has 6 heteroatoms. The summed E-state index contributed by atoms with van der Waals surface area (Å²) in [7, 11) is 1.65. The van der Waals surface area contributed by atoms with Crippen molar-refractivity contribution in [3.8, 4) is 11.4 Å². The maximum Gasteiger partial charge on any atom is 0.247 e. The first kappa shape index (κ1) is 22.2. The number of nitrogens with one attached hydrogen (secondary N) is 1. The average Bonchev–Trinajstić information content (AvgIpc) is 3.42. The van der Waals surface area contributed by atoms with Gasteiger partial charge in [0.15, 0.2) is 0 Å². The third kappa shape index (κ3) is 4.89. The smallest absolute Gasteiger partial charge is 0.247 e. The van der Waals surface area contributed by atoms with E-state index in [1.165, 1.54) is 11.1 Å². The van der Waals surface area contributed by atoms with E-state index in [1.807, 2.05) is 48.0 Å². The Balaban J connectivity index is 1.58. The molecule has 0 saturated heterocycles. The van der Waals surface area contributed by atoms with Crippen LogP contribution in [0.2, 0.25) is 0 Å². The second-order valence-corrected chi connectivity index (χ2v) is 8.46. The number of carbonyl (C=O) groups is 1. The highest BCUT2D eigenvalue weighted by atomic mass is 35.5. The summed E-state index contributed by atoms with van der Waals surface area (Å²) in [5.41, 5.74) is 6.01. The summed E-state index contributed by atoms with van der Waals surface area (Å²) in [6.07, 6.45) is 8.94. The molecule has 1 unspecified atom stereocenters. The van der Waals surface area contributed by atoms with Crippen molar-refractivity contribution >= 4 is 23.6 Å². The van der Waals surface area contributed by atoms with Gasteiger partial charge in [-0.05, 0) is 67.5 Å². The number of imidazole rings is 1. The lowest BCUT2D eigenvalue weighted by Gasteiger charge is -2.16. The lowest BCUT2D eigenvalue weighted by molar-refractivity contribution is -0.118. The molecule has 166 valence electrons. The largest absolute Gasteiger partial charge is 0.495 e. The standard InChI is InChI=1S/C26H28ClN3O2/c1-18-16-30(17-28-18)24-12-9-19(15-25(24)32-2)14-21(7-5-13-27)26(31)29-23-11-10-20-6-3-4-8-22(20)23/h3-4,6,8-9,12,14-17,23H,5,7,10-11,13H2,1-2H3,(H,29,31)/b21-14-. The highest BCUT2D eigenvalue weighted by Crippen LogP contribution is 2.31. The molecule has 0 bridgehead atoms. The Morgan fingerprint density at radius 1 is 1.31 bits per heavy atom. The van der Waals surface area contributed by atoms with Crippen LogP contribution in [-0.4, -0.2) is 28.4 Å². The van der Waals surface area contributed by atoms with Gasteiger partial charge in [-0.15, -0.1) is 11.6 Å². The van der Waals surface area contributed by atoms with Crippen LogP contribution in [0.1, 0.15) is 47.7 Å². The SMILES string of the molecule is COc1cc(/C=C(/CCCCl)C(=O)NC2CCc3ccccc32)ccc1-n1cnc(C)c1. The van der Waals surface area contributed by atoms with Gasteiger partial charge in [0.2, 0.25) is 5.91 Å². The number of aromatic nitrogens is 2. The van der Waals surface area contributed by atoms with Gasteiger partial charge in [0.1, 0.15) is 5.75 Å². The fourth-order valence-corrected chi connectivity index (χ4v) is 4.35. The van der Waals surface area contributed by atoms with Crippen LogP contribution in [0.3, 0.4) is 0 Å². The molecule has 0 radical (unpaired) electrons. The molecular formula is C26H28ClN3O2. The fourth-order valence-electron chi connectivity index (χ4n) is 4.22. The molecule has 5 nitrogen and oxygen atoms in total. The van der Waals surface area contributed by atoms with Crippen molar-refractivity contribution < 1.29 is 9.53 Å². The summed E-state index contributed by atoms with van der Waals surface area (Å²) in [6, 6.07) is 14.3. The van der Waals surface area contributed by atoms with Gasteiger partial charge in [-0.25, -0.2) is 4.98 Å². The third-order valence-electron chi connectivity index (χ3n) is 5.84. The lowest BCUT2D eigenvalue weighted by atomic mass is 10.0. The van der Waals surface area contributed by atoms with E-state index in [2.05, 4.69) is 28.5 Å². The lowest BCUT2D eigenvalue weighted by Crippen LogP contribution is -2.28. The number of hydrogen-bond acceptors (Lipinski definition) is 3. The molecule has 1 aliphatic rings. The van der Waals surface area contributed by atoms with E-state index < -0.39 is 0 Å². The molecule has 0 aliphatic heterocycles. The number of alkyl halides is 1. The van der Waals surface area contributed by atoms with Gasteiger partial charge in [0.25, 0.3) is 0 Å². The number of rotatable bonds is 8. The Hall–Kier alpha value is -3.05. The van der Waals surface area contributed by atoms with Crippen molar-refractivity contribution in [3.05, 3.63) is 82.9 Å². The van der Waals surface area contributed by atoms with Gasteiger partial charge in [0, 0.05) is 17.6 Å². The van der Waals surface area contributed by atoms with Gasteiger partial charge in [-0.2, -0.15) is 0 Å². The molecule has 4 rings (SSSR count). The van der Waals surface area contributed by atoms with Crippen molar-refractivity contribution in [2.75, 3.05) is 13.0 Å². The van der Waals surface area contributed by atoms with E-state index in [4.69, 9.17) is 16.3 Å². The Bertz CT molecular complexity index is 1140. The number of halogens is 1. The second kappa shape index (κ2) is 10.0. The zero-order valence-electron chi connectivity index (χ0n) is 18.5. The molecule has 1 aliphatic carbocycles. The summed E-state index contributed by atoms with van der Waals surface area (Å²) >= 11 is 5.94. The van der Waals surface area contributed by atoms with E-state index >= 15 is 0 Å². The van der Waals surface area contributed by atoms with Crippen LogP contribution >= 0.6 is 11.6 Å². The topological polar surface area (TPSA) is 56.1 Å². The highest BCUT2D eigenvalue weighted by Gasteiger charge is 2.24. The van der Waals surface area contributed by atoms with Crippen LogP contribution in [0, 0.1) is 6.92 Å². The summed E-state index contributed by atoms with van der Waals surface area (Å²) in [5.74, 6) is 1.20. The number of carbonyl (C=O) groups excluding carboxylic acids is 1. The number of hydrogen-bond donors (Lipinski definition) is 1. The van der Waals surface area contributed by atoms with E-state index in [9.17, 15) is 4.79 Å². The predicted octanol–water partition coefficient (Wildman–Crippen LogP) is 5.40. The van der Waals surface area contributed by atoms with Crippen molar-refractivity contribution in [3.63, 3.8) is 0 Å². The van der Waals surface area contributed by atoms with Crippen LogP contribution in [0.25, 0.3) is 11.8 Å². The van der Waals surface area contributed by atoms with Crippen LogP contribution in [0.15, 0.2) is 60.6 Å². The third-order valence-corrected chi connectivity index (χ3v) is 6.11. The quantitative estimate of drug-likeness (QED) is 0.370. The number of amides is 1. The molecule has 0 spiro atoms. The second-order valence-electron chi connectivity index (χ2n) is 8.08. The average molecular weight is 450 g/mol. The van der Waals surface area contributed by atoms with Crippen molar-refractivity contribution in [2.24, 2.45) is 0 Å². The van der Waals surface area contributed by atoms with Crippen LogP contribution in [-0.2, 0) is 11.2 Å². The molecular weight excluding hydrogens is 422 g/mol. The van der Waals surface area contributed by atoms with Gasteiger partial charge in [-0.3, -0.25) is 4.79 Å². The molecule has 2 aromatic carbocycles. The van der Waals surface area contributed by atoms with Crippen molar-refractivity contribution in [2.45, 2.75) is 38.6 Å². The molecule has 32 heavy (non-hydrogen) atoms. The normalized spacial score (nSPS) is 15.5. The van der Waals surface area contributed by atoms with E-state index in [0.29, 0.717) is 12.3 Å². The minimum absolute atomic E-state index is 0.0369. The highest BCUT2D eigenvalue weighted by molar-refractivity contribution is 6.17. The maximum absolute atomic E-state index is 13.2.